The third-order valence-corrected chi connectivity index (χ3v) is 2.89. The Morgan fingerprint density at radius 2 is 1.31 bits per heavy atom. The number of hydrogen-bond donors (Lipinski definition) is 0. The van der Waals surface area contributed by atoms with Crippen LogP contribution in [-0.4, -0.2) is 13.2 Å². The van der Waals surface area contributed by atoms with Crippen LogP contribution in [-0.2, 0) is 4.74 Å². The number of rotatable bonds is 10. The maximum absolute atomic E-state index is 5.64. The summed E-state index contributed by atoms with van der Waals surface area (Å²) in [5, 5.41) is 0. The quantitative estimate of drug-likeness (QED) is 0.468. The zero-order valence-electron chi connectivity index (χ0n) is 12.0. The molecule has 0 radical (unpaired) electrons. The Morgan fingerprint density at radius 1 is 0.750 bits per heavy atom. The van der Waals surface area contributed by atoms with Crippen molar-refractivity contribution in [1.82, 2.24) is 0 Å². The van der Waals surface area contributed by atoms with Gasteiger partial charge in [-0.3, -0.25) is 0 Å². The minimum atomic E-state index is 0.417. The van der Waals surface area contributed by atoms with Crippen LogP contribution in [0.25, 0.3) is 0 Å². The highest BCUT2D eigenvalue weighted by molar-refractivity contribution is 4.59. The van der Waals surface area contributed by atoms with E-state index in [0.717, 1.165) is 13.2 Å². The lowest BCUT2D eigenvalue weighted by atomic mass is 9.93. The Bertz CT molecular complexity index is 135. The van der Waals surface area contributed by atoms with Gasteiger partial charge in [-0.1, -0.05) is 66.2 Å². The van der Waals surface area contributed by atoms with Gasteiger partial charge in [0.2, 0.25) is 0 Å². The van der Waals surface area contributed by atoms with Crippen molar-refractivity contribution in [2.45, 2.75) is 79.1 Å². The predicted molar refractivity (Wildman–Crippen MR) is 72.9 cm³/mol. The molecule has 0 aliphatic heterocycles. The average Bonchev–Trinajstić information content (AvgIpc) is 2.19. The van der Waals surface area contributed by atoms with Crippen molar-refractivity contribution in [1.29, 1.82) is 0 Å². The van der Waals surface area contributed by atoms with Crippen molar-refractivity contribution in [2.24, 2.45) is 5.41 Å². The summed E-state index contributed by atoms with van der Waals surface area (Å²) in [6.45, 7) is 11.0. The van der Waals surface area contributed by atoms with Crippen molar-refractivity contribution in [3.63, 3.8) is 0 Å². The summed E-state index contributed by atoms with van der Waals surface area (Å²) in [6, 6.07) is 0. The molecular weight excluding hydrogens is 196 g/mol. The monoisotopic (exact) mass is 228 g/mol. The smallest absolute Gasteiger partial charge is 0.0471 e. The molecule has 0 atom stereocenters. The molecule has 0 aliphatic carbocycles. The van der Waals surface area contributed by atoms with E-state index >= 15 is 0 Å². The Labute approximate surface area is 103 Å². The van der Waals surface area contributed by atoms with E-state index in [2.05, 4.69) is 27.7 Å². The molecule has 1 heteroatoms. The topological polar surface area (TPSA) is 9.23 Å². The molecule has 0 saturated heterocycles. The first-order valence-corrected chi connectivity index (χ1v) is 7.14. The van der Waals surface area contributed by atoms with Gasteiger partial charge in [0.15, 0.2) is 0 Å². The van der Waals surface area contributed by atoms with Gasteiger partial charge in [0.25, 0.3) is 0 Å². The summed E-state index contributed by atoms with van der Waals surface area (Å²) in [4.78, 5) is 0. The van der Waals surface area contributed by atoms with Gasteiger partial charge >= 0.3 is 0 Å². The zero-order valence-corrected chi connectivity index (χ0v) is 12.0. The largest absolute Gasteiger partial charge is 0.381 e. The van der Waals surface area contributed by atoms with Gasteiger partial charge in [0.1, 0.15) is 0 Å². The van der Waals surface area contributed by atoms with E-state index in [9.17, 15) is 0 Å². The third-order valence-electron chi connectivity index (χ3n) is 2.89. The van der Waals surface area contributed by atoms with Crippen molar-refractivity contribution >= 4 is 0 Å². The maximum atomic E-state index is 5.64. The first kappa shape index (κ1) is 16.0. The van der Waals surface area contributed by atoms with Crippen LogP contribution in [0.5, 0.6) is 0 Å². The van der Waals surface area contributed by atoms with Gasteiger partial charge in [0.05, 0.1) is 0 Å². The molecule has 0 fully saturated rings. The molecule has 0 N–H and O–H groups in total. The summed E-state index contributed by atoms with van der Waals surface area (Å²) in [5.41, 5.74) is 0.417. The molecule has 0 bridgehead atoms. The van der Waals surface area contributed by atoms with Gasteiger partial charge in [-0.2, -0.15) is 0 Å². The predicted octanol–water partition coefficient (Wildman–Crippen LogP) is 5.19. The highest BCUT2D eigenvalue weighted by atomic mass is 16.5. The zero-order chi connectivity index (χ0) is 12.3. The van der Waals surface area contributed by atoms with Crippen LogP contribution in [0, 0.1) is 5.41 Å². The molecule has 0 rings (SSSR count). The van der Waals surface area contributed by atoms with E-state index in [1.807, 2.05) is 0 Å². The second kappa shape index (κ2) is 10.1. The molecule has 0 aromatic rings. The fourth-order valence-corrected chi connectivity index (χ4v) is 1.64. The molecule has 0 unspecified atom stereocenters. The van der Waals surface area contributed by atoms with Crippen LogP contribution >= 0.6 is 0 Å². The van der Waals surface area contributed by atoms with E-state index in [1.165, 1.54) is 51.4 Å². The molecule has 0 amide bonds. The second-order valence-electron chi connectivity index (χ2n) is 6.04. The van der Waals surface area contributed by atoms with E-state index in [1.54, 1.807) is 0 Å². The number of ether oxygens (including phenoxy) is 1. The lowest BCUT2D eigenvalue weighted by molar-refractivity contribution is 0.105. The maximum Gasteiger partial charge on any atom is 0.0471 e. The van der Waals surface area contributed by atoms with E-state index in [0.29, 0.717) is 5.41 Å². The molecular formula is C15H32O. The second-order valence-corrected chi connectivity index (χ2v) is 6.04. The summed E-state index contributed by atoms with van der Waals surface area (Å²) in [7, 11) is 0. The Hall–Kier alpha value is -0.0400. The SMILES string of the molecule is CCCCCCCCCOCCC(C)(C)C. The highest BCUT2D eigenvalue weighted by Gasteiger charge is 2.08. The lowest BCUT2D eigenvalue weighted by Gasteiger charge is -2.17. The molecule has 0 aliphatic rings. The third kappa shape index (κ3) is 14.0. The van der Waals surface area contributed by atoms with Crippen LogP contribution in [0.1, 0.15) is 79.1 Å². The first-order valence-electron chi connectivity index (χ1n) is 7.14. The molecule has 0 heterocycles. The number of unbranched alkanes of at least 4 members (excludes halogenated alkanes) is 6. The standard InChI is InChI=1S/C15H32O/c1-5-6-7-8-9-10-11-13-16-14-12-15(2,3)4/h5-14H2,1-4H3. The molecule has 0 spiro atoms. The van der Waals surface area contributed by atoms with Crippen molar-refractivity contribution in [3.8, 4) is 0 Å². The molecule has 98 valence electrons. The molecule has 0 saturated carbocycles. The van der Waals surface area contributed by atoms with Gasteiger partial charge in [0, 0.05) is 13.2 Å². The van der Waals surface area contributed by atoms with Gasteiger partial charge < -0.3 is 4.74 Å². The van der Waals surface area contributed by atoms with Gasteiger partial charge in [-0.15, -0.1) is 0 Å². The van der Waals surface area contributed by atoms with Crippen LogP contribution in [0.4, 0.5) is 0 Å². The summed E-state index contributed by atoms with van der Waals surface area (Å²) in [5.74, 6) is 0. The minimum Gasteiger partial charge on any atom is -0.381 e. The van der Waals surface area contributed by atoms with Crippen LogP contribution in [0.3, 0.4) is 0 Å². The van der Waals surface area contributed by atoms with E-state index in [-0.39, 0.29) is 0 Å². The summed E-state index contributed by atoms with van der Waals surface area (Å²) in [6.07, 6.45) is 10.7. The van der Waals surface area contributed by atoms with Gasteiger partial charge in [-0.25, -0.2) is 0 Å². The average molecular weight is 228 g/mol. The molecule has 0 aromatic carbocycles. The number of hydrogen-bond acceptors (Lipinski definition) is 1. The van der Waals surface area contributed by atoms with Crippen molar-refractivity contribution in [3.05, 3.63) is 0 Å². The first-order chi connectivity index (χ1) is 7.56. The Kier molecular flexibility index (Phi) is 10.1. The van der Waals surface area contributed by atoms with E-state index in [4.69, 9.17) is 4.74 Å². The highest BCUT2D eigenvalue weighted by Crippen LogP contribution is 2.18. The van der Waals surface area contributed by atoms with E-state index < -0.39 is 0 Å². The van der Waals surface area contributed by atoms with Crippen LogP contribution in [0.2, 0.25) is 0 Å². The molecule has 16 heavy (non-hydrogen) atoms. The lowest BCUT2D eigenvalue weighted by Crippen LogP contribution is -2.09. The Balaban J connectivity index is 2.99. The fraction of sp³-hybridized carbons (Fsp3) is 1.00. The fourth-order valence-electron chi connectivity index (χ4n) is 1.64. The van der Waals surface area contributed by atoms with Crippen molar-refractivity contribution in [2.75, 3.05) is 13.2 Å². The normalized spacial score (nSPS) is 12.0. The van der Waals surface area contributed by atoms with Gasteiger partial charge in [-0.05, 0) is 18.3 Å². The van der Waals surface area contributed by atoms with Crippen LogP contribution < -0.4 is 0 Å². The molecule has 0 aromatic heterocycles. The summed E-state index contributed by atoms with van der Waals surface area (Å²) < 4.78 is 5.64. The minimum absolute atomic E-state index is 0.417. The Morgan fingerprint density at radius 3 is 1.88 bits per heavy atom. The van der Waals surface area contributed by atoms with Crippen LogP contribution in [0.15, 0.2) is 0 Å². The summed E-state index contributed by atoms with van der Waals surface area (Å²) >= 11 is 0. The molecule has 1 nitrogen and oxygen atoms in total. The van der Waals surface area contributed by atoms with Crippen molar-refractivity contribution < 1.29 is 4.74 Å².